The average Bonchev–Trinajstić information content (AvgIpc) is 2.45. The second-order valence-corrected chi connectivity index (χ2v) is 8.62. The van der Waals surface area contributed by atoms with E-state index in [4.69, 9.17) is 4.74 Å². The molecule has 1 saturated carbocycles. The molecule has 3 heteroatoms. The van der Waals surface area contributed by atoms with Crippen molar-refractivity contribution in [1.82, 2.24) is 0 Å². The highest BCUT2D eigenvalue weighted by atomic mass is 17.1. The number of hydrogen-bond acceptors (Lipinski definition) is 2. The van der Waals surface area contributed by atoms with E-state index >= 15 is 0 Å². The molecule has 22 heavy (non-hydrogen) atoms. The van der Waals surface area contributed by atoms with Crippen molar-refractivity contribution in [1.29, 1.82) is 0 Å². The average molecular weight is 312 g/mol. The first-order valence-electron chi connectivity index (χ1n) is 9.09. The fraction of sp³-hybridized carbons (Fsp3) is 0.947. The number of carbonyl (C=O) groups excluding carboxylic acids is 1. The maximum atomic E-state index is 11.0. The van der Waals surface area contributed by atoms with E-state index in [-0.39, 0.29) is 11.6 Å². The summed E-state index contributed by atoms with van der Waals surface area (Å²) in [6.45, 7) is 11.0. The van der Waals surface area contributed by atoms with E-state index in [1.165, 1.54) is 44.9 Å². The molecule has 1 aliphatic rings. The lowest BCUT2D eigenvalue weighted by Crippen LogP contribution is -2.38. The molecular weight excluding hydrogens is 276 g/mol. The van der Waals surface area contributed by atoms with Crippen molar-refractivity contribution in [2.45, 2.75) is 104 Å². The van der Waals surface area contributed by atoms with Crippen LogP contribution in [0.4, 0.5) is 0 Å². The topological polar surface area (TPSA) is 43.6 Å². The van der Waals surface area contributed by atoms with Crippen LogP contribution in [0.3, 0.4) is 0 Å². The van der Waals surface area contributed by atoms with E-state index in [2.05, 4.69) is 39.2 Å². The number of rotatable bonds is 7. The zero-order chi connectivity index (χ0) is 16.6. The third-order valence-electron chi connectivity index (χ3n) is 4.87. The highest BCUT2D eigenvalue weighted by molar-refractivity contribution is 5.70. The molecule has 0 amide bonds. The molecule has 0 unspecified atom stereocenters. The molecule has 0 N–H and O–H groups in total. The fourth-order valence-corrected chi connectivity index (χ4v) is 3.39. The monoisotopic (exact) mass is 312 g/mol. The van der Waals surface area contributed by atoms with Gasteiger partial charge in [0.1, 0.15) is 6.42 Å². The predicted molar refractivity (Wildman–Crippen MR) is 89.3 cm³/mol. The minimum absolute atomic E-state index is 0.284. The standard InChI is InChI=1S/C19H36O3/c1-18(2,3)15-11-7-10-14-17(22-20)21-19(4,5)16-12-8-6-9-13-16/h16H,6-15H2,1-5H3. The quantitative estimate of drug-likeness (QED) is 0.225. The summed E-state index contributed by atoms with van der Waals surface area (Å²) in [7, 11) is 0. The Morgan fingerprint density at radius 1 is 1.00 bits per heavy atom. The number of unbranched alkanes of at least 4 members (excludes halogenated alkanes) is 2. The smallest absolute Gasteiger partial charge is 0.497 e. The lowest BCUT2D eigenvalue weighted by molar-refractivity contribution is -1.05. The van der Waals surface area contributed by atoms with Gasteiger partial charge in [0.15, 0.2) is 0 Å². The van der Waals surface area contributed by atoms with Gasteiger partial charge < -0.3 is 9.99 Å². The largest absolute Gasteiger partial charge is 0.588 e. The molecule has 130 valence electrons. The zero-order valence-corrected chi connectivity index (χ0v) is 15.4. The van der Waals surface area contributed by atoms with Crippen molar-refractivity contribution in [3.05, 3.63) is 0 Å². The van der Waals surface area contributed by atoms with E-state index in [0.717, 1.165) is 12.8 Å². The first kappa shape index (κ1) is 19.3. The van der Waals surface area contributed by atoms with Crippen LogP contribution < -0.4 is 5.26 Å². The molecule has 1 aliphatic carbocycles. The molecule has 1 rings (SSSR count). The zero-order valence-electron chi connectivity index (χ0n) is 15.4. The van der Waals surface area contributed by atoms with Crippen molar-refractivity contribution < 1.29 is 14.6 Å². The molecular formula is C19H36O3. The van der Waals surface area contributed by atoms with E-state index in [1.54, 1.807) is 0 Å². The van der Waals surface area contributed by atoms with Crippen LogP contribution in [0.25, 0.3) is 0 Å². The summed E-state index contributed by atoms with van der Waals surface area (Å²) in [4.78, 5) is 0. The molecule has 0 aliphatic heterocycles. The van der Waals surface area contributed by atoms with Crippen molar-refractivity contribution >= 4 is 5.97 Å². The van der Waals surface area contributed by atoms with E-state index in [0.29, 0.717) is 17.8 Å². The molecule has 3 nitrogen and oxygen atoms in total. The normalized spacial score (nSPS) is 18.5. The molecule has 0 heterocycles. The molecule has 0 aromatic heterocycles. The highest BCUT2D eigenvalue weighted by Gasteiger charge is 2.40. The summed E-state index contributed by atoms with van der Waals surface area (Å²) in [6, 6.07) is 0. The molecule has 1 fully saturated rings. The molecule has 0 bridgehead atoms. The summed E-state index contributed by atoms with van der Waals surface area (Å²) in [6.07, 6.45) is 11.4. The van der Waals surface area contributed by atoms with Gasteiger partial charge in [-0.25, -0.2) is 0 Å². The molecule has 0 aromatic rings. The highest BCUT2D eigenvalue weighted by Crippen LogP contribution is 2.35. The third-order valence-corrected chi connectivity index (χ3v) is 4.87. The second-order valence-electron chi connectivity index (χ2n) is 8.62. The van der Waals surface area contributed by atoms with Gasteiger partial charge in [0.25, 0.3) is 0 Å². The minimum Gasteiger partial charge on any atom is -0.588 e. The Morgan fingerprint density at radius 2 is 1.64 bits per heavy atom. The van der Waals surface area contributed by atoms with Crippen LogP contribution in [-0.4, -0.2) is 11.6 Å². The lowest BCUT2D eigenvalue weighted by atomic mass is 9.79. The Morgan fingerprint density at radius 3 is 2.18 bits per heavy atom. The van der Waals surface area contributed by atoms with Crippen LogP contribution in [0, 0.1) is 11.3 Å². The summed E-state index contributed by atoms with van der Waals surface area (Å²) in [5, 5.41) is 11.0. The molecule has 0 spiro atoms. The van der Waals surface area contributed by atoms with Crippen LogP contribution in [0.1, 0.15) is 98.8 Å². The summed E-state index contributed by atoms with van der Waals surface area (Å²) in [5.41, 5.74) is 0.104. The van der Waals surface area contributed by atoms with Crippen molar-refractivity contribution in [2.24, 2.45) is 11.3 Å². The van der Waals surface area contributed by atoms with Gasteiger partial charge in [-0.15, -0.1) is 0 Å². The Kier molecular flexibility index (Phi) is 7.71. The van der Waals surface area contributed by atoms with Gasteiger partial charge in [-0.2, -0.15) is 0 Å². The van der Waals surface area contributed by atoms with Crippen LogP contribution in [0.15, 0.2) is 0 Å². The van der Waals surface area contributed by atoms with Gasteiger partial charge in [-0.1, -0.05) is 52.9 Å². The summed E-state index contributed by atoms with van der Waals surface area (Å²) < 4.78 is 10.2. The van der Waals surface area contributed by atoms with Gasteiger partial charge in [0.2, 0.25) is 5.60 Å². The number of esters is 1. The molecule has 0 saturated heterocycles. The van der Waals surface area contributed by atoms with Crippen molar-refractivity contribution in [2.75, 3.05) is 0 Å². The maximum absolute atomic E-state index is 11.0. The number of ether oxygens (including phenoxy) is 1. The predicted octanol–water partition coefficient (Wildman–Crippen LogP) is 4.70. The first-order valence-corrected chi connectivity index (χ1v) is 9.09. The Labute approximate surface area is 137 Å². The van der Waals surface area contributed by atoms with Crippen LogP contribution in [-0.2, 0) is 9.31 Å². The third kappa shape index (κ3) is 7.51. The van der Waals surface area contributed by atoms with Gasteiger partial charge in [-0.3, -0.25) is 4.58 Å². The Bertz CT molecular complexity index is 333. The lowest BCUT2D eigenvalue weighted by Gasteiger charge is -2.31. The van der Waals surface area contributed by atoms with Crippen LogP contribution >= 0.6 is 0 Å². The summed E-state index contributed by atoms with van der Waals surface area (Å²) in [5.74, 6) is 0.818. The van der Waals surface area contributed by atoms with E-state index in [9.17, 15) is 5.26 Å². The maximum Gasteiger partial charge on any atom is 0.497 e. The van der Waals surface area contributed by atoms with Crippen LogP contribution in [0.5, 0.6) is 0 Å². The molecule has 0 radical (unpaired) electrons. The Balaban J connectivity index is 2.32. The molecule has 0 atom stereocenters. The van der Waals surface area contributed by atoms with Gasteiger partial charge >= 0.3 is 5.97 Å². The van der Waals surface area contributed by atoms with Gasteiger partial charge in [-0.05, 0) is 31.1 Å². The van der Waals surface area contributed by atoms with Crippen LogP contribution in [0.2, 0.25) is 0 Å². The minimum atomic E-state index is -0.286. The SMILES string of the molecule is CC(C)(C)CCCCCC(OC(C)(C)C1CCCCC1)=[O+][O-]. The summed E-state index contributed by atoms with van der Waals surface area (Å²) >= 11 is 0. The molecule has 0 aromatic carbocycles. The fourth-order valence-electron chi connectivity index (χ4n) is 3.39. The van der Waals surface area contributed by atoms with E-state index in [1.807, 2.05) is 0 Å². The first-order chi connectivity index (χ1) is 10.2. The number of hydrogen-bond donors (Lipinski definition) is 0. The van der Waals surface area contributed by atoms with E-state index < -0.39 is 0 Å². The van der Waals surface area contributed by atoms with Gasteiger partial charge in [0, 0.05) is 19.8 Å². The van der Waals surface area contributed by atoms with Gasteiger partial charge in [0.05, 0.1) is 0 Å². The second kappa shape index (κ2) is 8.79. The van der Waals surface area contributed by atoms with Crippen molar-refractivity contribution in [3.63, 3.8) is 0 Å². The Hall–Kier alpha value is -0.730. The van der Waals surface area contributed by atoms with Crippen molar-refractivity contribution in [3.8, 4) is 0 Å².